The number of aromatic nitrogens is 2. The summed E-state index contributed by atoms with van der Waals surface area (Å²) >= 11 is 0. The fraction of sp³-hybridized carbons (Fsp3) is 0.385. The molecule has 3 aromatic rings. The summed E-state index contributed by atoms with van der Waals surface area (Å²) in [6.45, 7) is 0.302. The highest BCUT2D eigenvalue weighted by atomic mass is 16.5. The van der Waals surface area contributed by atoms with Crippen LogP contribution in [0.4, 0.5) is 10.5 Å². The topological polar surface area (TPSA) is 140 Å². The molecule has 1 saturated carbocycles. The fourth-order valence-corrected chi connectivity index (χ4v) is 5.66. The Kier molecular flexibility index (Phi) is 6.13. The summed E-state index contributed by atoms with van der Waals surface area (Å²) in [7, 11) is 1.60. The van der Waals surface area contributed by atoms with Crippen LogP contribution in [0.25, 0.3) is 10.9 Å². The van der Waals surface area contributed by atoms with Gasteiger partial charge in [0, 0.05) is 18.0 Å². The van der Waals surface area contributed by atoms with Gasteiger partial charge in [-0.15, -0.1) is 0 Å². The van der Waals surface area contributed by atoms with Crippen LogP contribution in [0.2, 0.25) is 0 Å². The Morgan fingerprint density at radius 3 is 2.53 bits per heavy atom. The van der Waals surface area contributed by atoms with Gasteiger partial charge in [-0.1, -0.05) is 31.0 Å². The lowest BCUT2D eigenvalue weighted by atomic mass is 9.77. The molecule has 36 heavy (non-hydrogen) atoms. The van der Waals surface area contributed by atoms with Crippen molar-refractivity contribution in [3.63, 3.8) is 0 Å². The molecule has 0 spiro atoms. The van der Waals surface area contributed by atoms with Crippen molar-refractivity contribution in [3.8, 4) is 5.75 Å². The standard InChI is InChI=1S/C26H29N5O5/c1-36-18-9-7-16(8-10-18)26(11-2-3-12-26)24(33)30-15-17(27)13-22(30)23(32)29-20-5-4-6-21-19(20)14-28-31(21)25(34)35/h4-10,14,17,22H,2-3,11-13,15,27H2,1H3,(H,29,32)(H,34,35)/t17-,22-/m1/s1. The van der Waals surface area contributed by atoms with Gasteiger partial charge >= 0.3 is 6.09 Å². The van der Waals surface area contributed by atoms with Crippen molar-refractivity contribution in [2.45, 2.75) is 49.6 Å². The van der Waals surface area contributed by atoms with E-state index in [9.17, 15) is 19.5 Å². The number of anilines is 1. The zero-order chi connectivity index (χ0) is 25.4. The minimum absolute atomic E-state index is 0.0739. The molecule has 2 atom stereocenters. The predicted molar refractivity (Wildman–Crippen MR) is 133 cm³/mol. The number of benzene rings is 2. The number of nitrogens with two attached hydrogens (primary N) is 1. The van der Waals surface area contributed by atoms with Crippen LogP contribution in [0, 0.1) is 0 Å². The molecule has 5 rings (SSSR count). The molecule has 4 N–H and O–H groups in total. The number of nitrogens with zero attached hydrogens (tertiary/aromatic N) is 3. The van der Waals surface area contributed by atoms with Gasteiger partial charge in [0.1, 0.15) is 11.8 Å². The highest BCUT2D eigenvalue weighted by Crippen LogP contribution is 2.44. The van der Waals surface area contributed by atoms with Crippen LogP contribution in [-0.2, 0) is 15.0 Å². The van der Waals surface area contributed by atoms with E-state index >= 15 is 0 Å². The molecule has 0 bridgehead atoms. The van der Waals surface area contributed by atoms with Crippen LogP contribution < -0.4 is 15.8 Å². The van der Waals surface area contributed by atoms with E-state index in [0.717, 1.165) is 28.8 Å². The predicted octanol–water partition coefficient (Wildman–Crippen LogP) is 2.95. The molecule has 1 aliphatic heterocycles. The molecular formula is C26H29N5O5. The van der Waals surface area contributed by atoms with Crippen LogP contribution in [-0.4, -0.2) is 63.4 Å². The summed E-state index contributed by atoms with van der Waals surface area (Å²) < 4.78 is 6.14. The Bertz CT molecular complexity index is 1310. The number of amides is 2. The molecule has 1 aromatic heterocycles. The third-order valence-electron chi connectivity index (χ3n) is 7.46. The number of hydrogen-bond acceptors (Lipinski definition) is 6. The monoisotopic (exact) mass is 491 g/mol. The lowest BCUT2D eigenvalue weighted by Crippen LogP contribution is -2.51. The number of rotatable bonds is 5. The van der Waals surface area contributed by atoms with E-state index in [-0.39, 0.29) is 17.9 Å². The van der Waals surface area contributed by atoms with E-state index in [1.807, 2.05) is 24.3 Å². The van der Waals surface area contributed by atoms with Crippen molar-refractivity contribution >= 4 is 34.5 Å². The third kappa shape index (κ3) is 3.97. The molecule has 2 aliphatic rings. The molecule has 0 unspecified atom stereocenters. The Balaban J connectivity index is 1.43. The first-order valence-corrected chi connectivity index (χ1v) is 12.1. The summed E-state index contributed by atoms with van der Waals surface area (Å²) in [5, 5.41) is 16.6. The first kappa shape index (κ1) is 23.8. The first-order valence-electron chi connectivity index (χ1n) is 12.1. The lowest BCUT2D eigenvalue weighted by Gasteiger charge is -2.35. The maximum atomic E-state index is 14.1. The van der Waals surface area contributed by atoms with E-state index < -0.39 is 17.6 Å². The zero-order valence-corrected chi connectivity index (χ0v) is 20.0. The van der Waals surface area contributed by atoms with Crippen LogP contribution in [0.3, 0.4) is 0 Å². The Morgan fingerprint density at radius 1 is 1.14 bits per heavy atom. The van der Waals surface area contributed by atoms with Crippen LogP contribution >= 0.6 is 0 Å². The number of carbonyl (C=O) groups excluding carboxylic acids is 2. The van der Waals surface area contributed by atoms with Crippen molar-refractivity contribution in [2.75, 3.05) is 19.0 Å². The Hall–Kier alpha value is -3.92. The van der Waals surface area contributed by atoms with Crippen LogP contribution in [0.15, 0.2) is 48.7 Å². The van der Waals surface area contributed by atoms with Gasteiger partial charge in [-0.25, -0.2) is 4.79 Å². The molecular weight excluding hydrogens is 462 g/mol. The quantitative estimate of drug-likeness (QED) is 0.498. The van der Waals surface area contributed by atoms with Crippen molar-refractivity contribution in [2.24, 2.45) is 5.73 Å². The number of hydrogen-bond donors (Lipinski definition) is 3. The lowest BCUT2D eigenvalue weighted by molar-refractivity contribution is -0.141. The van der Waals surface area contributed by atoms with Gasteiger partial charge in [0.2, 0.25) is 11.8 Å². The second-order valence-corrected chi connectivity index (χ2v) is 9.55. The number of nitrogens with one attached hydrogen (secondary N) is 1. The first-order chi connectivity index (χ1) is 17.3. The van der Waals surface area contributed by atoms with E-state index in [4.69, 9.17) is 10.5 Å². The SMILES string of the molecule is COc1ccc(C2(C(=O)N3C[C@H](N)C[C@@H]3C(=O)Nc3cccc4c3cnn4C(=O)O)CCCC2)cc1. The number of methoxy groups -OCH3 is 1. The fourth-order valence-electron chi connectivity index (χ4n) is 5.66. The molecule has 10 heteroatoms. The number of fused-ring (bicyclic) bond motifs is 1. The van der Waals surface area contributed by atoms with Gasteiger partial charge in [0.05, 0.1) is 29.9 Å². The minimum atomic E-state index is -1.22. The van der Waals surface area contributed by atoms with E-state index in [1.54, 1.807) is 30.2 Å². The van der Waals surface area contributed by atoms with Crippen molar-refractivity contribution < 1.29 is 24.2 Å². The smallest absolute Gasteiger partial charge is 0.432 e. The maximum absolute atomic E-state index is 14.1. The average molecular weight is 492 g/mol. The van der Waals surface area contributed by atoms with Gasteiger partial charge in [0.15, 0.2) is 0 Å². The number of carboxylic acid groups (broad SMARTS) is 1. The number of ether oxygens (including phenoxy) is 1. The number of likely N-dealkylation sites (tertiary alicyclic amines) is 1. The van der Waals surface area contributed by atoms with Gasteiger partial charge < -0.3 is 25.8 Å². The third-order valence-corrected chi connectivity index (χ3v) is 7.46. The maximum Gasteiger partial charge on any atom is 0.432 e. The molecule has 2 aromatic carbocycles. The van der Waals surface area contributed by atoms with Gasteiger partial charge in [-0.2, -0.15) is 9.78 Å². The second kappa shape index (κ2) is 9.27. The minimum Gasteiger partial charge on any atom is -0.497 e. The highest BCUT2D eigenvalue weighted by molar-refractivity contribution is 6.05. The second-order valence-electron chi connectivity index (χ2n) is 9.55. The summed E-state index contributed by atoms with van der Waals surface area (Å²) in [5.41, 5.74) is 7.29. The van der Waals surface area contributed by atoms with Gasteiger partial charge in [-0.3, -0.25) is 9.59 Å². The molecule has 10 nitrogen and oxygen atoms in total. The van der Waals surface area contributed by atoms with E-state index in [2.05, 4.69) is 10.4 Å². The van der Waals surface area contributed by atoms with E-state index in [0.29, 0.717) is 42.4 Å². The van der Waals surface area contributed by atoms with Crippen molar-refractivity contribution in [1.29, 1.82) is 0 Å². The normalized spacial score (nSPS) is 21.0. The van der Waals surface area contributed by atoms with Crippen molar-refractivity contribution in [1.82, 2.24) is 14.7 Å². The van der Waals surface area contributed by atoms with E-state index in [1.165, 1.54) is 6.20 Å². The average Bonchev–Trinajstić information content (AvgIpc) is 3.62. The summed E-state index contributed by atoms with van der Waals surface area (Å²) in [5.74, 6) is 0.296. The Labute approximate surface area is 208 Å². The summed E-state index contributed by atoms with van der Waals surface area (Å²) in [6, 6.07) is 11.5. The summed E-state index contributed by atoms with van der Waals surface area (Å²) in [6.07, 6.45) is 3.83. The molecule has 2 amide bonds. The molecule has 2 heterocycles. The van der Waals surface area contributed by atoms with Crippen molar-refractivity contribution in [3.05, 3.63) is 54.2 Å². The molecule has 1 saturated heterocycles. The Morgan fingerprint density at radius 2 is 1.86 bits per heavy atom. The molecule has 188 valence electrons. The van der Waals surface area contributed by atoms with Crippen LogP contribution in [0.1, 0.15) is 37.7 Å². The van der Waals surface area contributed by atoms with Crippen LogP contribution in [0.5, 0.6) is 5.75 Å². The van der Waals surface area contributed by atoms with Gasteiger partial charge in [0.25, 0.3) is 0 Å². The largest absolute Gasteiger partial charge is 0.497 e. The summed E-state index contributed by atoms with van der Waals surface area (Å²) in [4.78, 5) is 40.7. The molecule has 2 fully saturated rings. The molecule has 1 aliphatic carbocycles. The number of carbonyl (C=O) groups is 3. The molecule has 0 radical (unpaired) electrons. The zero-order valence-electron chi connectivity index (χ0n) is 20.0. The van der Waals surface area contributed by atoms with Gasteiger partial charge in [-0.05, 0) is 49.1 Å². The highest BCUT2D eigenvalue weighted by Gasteiger charge is 2.49.